The molecule has 1 unspecified atom stereocenters. The number of hydrogen-bond acceptors (Lipinski definition) is 6. The fourth-order valence-corrected chi connectivity index (χ4v) is 4.73. The largest absolute Gasteiger partial charge is 0.428 e. The van der Waals surface area contributed by atoms with Crippen molar-refractivity contribution in [3.63, 3.8) is 0 Å². The third-order valence-electron chi connectivity index (χ3n) is 5.56. The van der Waals surface area contributed by atoms with Gasteiger partial charge in [0.2, 0.25) is 5.90 Å². The number of nitrogens with one attached hydrogen (secondary N) is 3. The number of halogens is 2. The van der Waals surface area contributed by atoms with Gasteiger partial charge in [0, 0.05) is 25.1 Å². The van der Waals surface area contributed by atoms with Gasteiger partial charge in [-0.25, -0.2) is 9.48 Å². The highest BCUT2D eigenvalue weighted by Gasteiger charge is 2.62. The van der Waals surface area contributed by atoms with Crippen molar-refractivity contribution in [2.45, 2.75) is 44.7 Å². The molecule has 9 nitrogen and oxygen atoms in total. The zero-order valence-electron chi connectivity index (χ0n) is 16.4. The maximum absolute atomic E-state index is 13.2. The van der Waals surface area contributed by atoms with Crippen molar-refractivity contribution >= 4 is 35.1 Å². The van der Waals surface area contributed by atoms with Crippen molar-refractivity contribution in [1.82, 2.24) is 19.7 Å². The topological polar surface area (TPSA) is 120 Å². The summed E-state index contributed by atoms with van der Waals surface area (Å²) in [6, 6.07) is 4.41. The quantitative estimate of drug-likeness (QED) is 0.503. The Morgan fingerprint density at radius 1 is 1.40 bits per heavy atom. The van der Waals surface area contributed by atoms with Gasteiger partial charge in [0.25, 0.3) is 0 Å². The van der Waals surface area contributed by atoms with Crippen LogP contribution in [0.3, 0.4) is 0 Å². The van der Waals surface area contributed by atoms with Crippen molar-refractivity contribution < 1.29 is 13.9 Å². The molecule has 1 saturated carbocycles. The Kier molecular flexibility index (Phi) is 4.97. The highest BCUT2D eigenvalue weighted by Crippen LogP contribution is 2.50. The Hall–Kier alpha value is -3.01. The fourth-order valence-electron chi connectivity index (χ4n) is 4.52. The standard InChI is InChI=1S/C19H21ClFN7O2/c1-10-5-13-8-19(7-10,16(23)30-11(2)22)28(13)18(29)25-12-3-4-14(20)15(6-12)27-9-24-17(21)26-27/h3-4,6,9-10,13,22-23H,5,7-8H2,1-2H3,(H,25,29)/t10-,13-,19?/m1/s1. The maximum atomic E-state index is 13.2. The number of carbonyl (C=O) groups is 1. The first-order chi connectivity index (χ1) is 14.2. The molecule has 3 atom stereocenters. The first-order valence-corrected chi connectivity index (χ1v) is 9.87. The van der Waals surface area contributed by atoms with E-state index in [1.165, 1.54) is 17.9 Å². The fraction of sp³-hybridized carbons (Fsp3) is 0.421. The van der Waals surface area contributed by atoms with Gasteiger partial charge in [0.15, 0.2) is 5.90 Å². The summed E-state index contributed by atoms with van der Waals surface area (Å²) in [5, 5.41) is 22.7. The van der Waals surface area contributed by atoms with Crippen LogP contribution in [0.25, 0.3) is 5.69 Å². The summed E-state index contributed by atoms with van der Waals surface area (Å²) in [6.45, 7) is 3.55. The van der Waals surface area contributed by atoms with E-state index in [9.17, 15) is 9.18 Å². The molecule has 2 aliphatic rings. The molecule has 4 rings (SSSR count). The average Bonchev–Trinajstić information content (AvgIpc) is 3.08. The van der Waals surface area contributed by atoms with Crippen molar-refractivity contribution in [3.05, 3.63) is 35.6 Å². The summed E-state index contributed by atoms with van der Waals surface area (Å²) < 4.78 is 19.6. The number of amides is 2. The SMILES string of the molecule is CC(=N)OC(=N)C12C[C@H](C)C[C@H](C1)N2C(=O)Nc1ccc(Cl)c(-n2cnc(F)n2)c1. The first-order valence-electron chi connectivity index (χ1n) is 9.49. The minimum atomic E-state index is -0.884. The summed E-state index contributed by atoms with van der Waals surface area (Å²) in [4.78, 5) is 18.2. The van der Waals surface area contributed by atoms with Gasteiger partial charge in [-0.2, -0.15) is 9.37 Å². The van der Waals surface area contributed by atoms with Crippen LogP contribution in [-0.2, 0) is 4.74 Å². The molecule has 2 amide bonds. The van der Waals surface area contributed by atoms with E-state index in [-0.39, 0.29) is 23.9 Å². The highest BCUT2D eigenvalue weighted by molar-refractivity contribution is 6.32. The van der Waals surface area contributed by atoms with Gasteiger partial charge in [0.05, 0.1) is 10.7 Å². The van der Waals surface area contributed by atoms with Gasteiger partial charge in [-0.15, -0.1) is 5.10 Å². The van der Waals surface area contributed by atoms with E-state index in [0.717, 1.165) is 6.42 Å². The number of likely N-dealkylation sites (tertiary alicyclic amines) is 1. The molecule has 0 spiro atoms. The Morgan fingerprint density at radius 2 is 2.17 bits per heavy atom. The Labute approximate surface area is 177 Å². The zero-order valence-corrected chi connectivity index (χ0v) is 17.2. The minimum Gasteiger partial charge on any atom is -0.428 e. The number of anilines is 1. The molecule has 0 radical (unpaired) electrons. The molecule has 2 aromatic rings. The molecular weight excluding hydrogens is 413 g/mol. The predicted molar refractivity (Wildman–Crippen MR) is 109 cm³/mol. The molecule has 1 aliphatic carbocycles. The van der Waals surface area contributed by atoms with Gasteiger partial charge < -0.3 is 15.0 Å². The molecule has 158 valence electrons. The summed E-state index contributed by atoms with van der Waals surface area (Å²) in [5.41, 5.74) is -0.0355. The van der Waals surface area contributed by atoms with E-state index in [2.05, 4.69) is 22.3 Å². The third-order valence-corrected chi connectivity index (χ3v) is 5.88. The number of carbonyl (C=O) groups excluding carboxylic acids is 1. The summed E-state index contributed by atoms with van der Waals surface area (Å²) in [6.07, 6.45) is 2.39. The van der Waals surface area contributed by atoms with Crippen LogP contribution in [0.15, 0.2) is 24.5 Å². The smallest absolute Gasteiger partial charge is 0.327 e. The molecule has 1 aliphatic heterocycles. The molecule has 3 N–H and O–H groups in total. The van der Waals surface area contributed by atoms with Gasteiger partial charge in [-0.1, -0.05) is 18.5 Å². The molecule has 1 aromatic carbocycles. The number of hydrogen-bond donors (Lipinski definition) is 3. The lowest BCUT2D eigenvalue weighted by Crippen LogP contribution is -2.75. The molecule has 2 heterocycles. The summed E-state index contributed by atoms with van der Waals surface area (Å²) in [5.74, 6) is 0.175. The number of rotatable bonds is 3. The second kappa shape index (κ2) is 7.35. The molecule has 2 bridgehead atoms. The van der Waals surface area contributed by atoms with E-state index >= 15 is 0 Å². The lowest BCUT2D eigenvalue weighted by atomic mass is 9.64. The number of ether oxygens (including phenoxy) is 1. The van der Waals surface area contributed by atoms with Gasteiger partial charge in [-0.3, -0.25) is 10.8 Å². The lowest BCUT2D eigenvalue weighted by Gasteiger charge is -2.62. The van der Waals surface area contributed by atoms with Gasteiger partial charge in [0.1, 0.15) is 11.9 Å². The monoisotopic (exact) mass is 433 g/mol. The van der Waals surface area contributed by atoms with Crippen LogP contribution in [0, 0.1) is 22.8 Å². The second-order valence-corrected chi connectivity index (χ2v) is 8.25. The second-order valence-electron chi connectivity index (χ2n) is 7.85. The van der Waals surface area contributed by atoms with E-state index in [1.807, 2.05) is 0 Å². The molecule has 1 saturated heterocycles. The molecule has 11 heteroatoms. The van der Waals surface area contributed by atoms with E-state index in [0.29, 0.717) is 35.2 Å². The Balaban J connectivity index is 1.58. The molecule has 1 aromatic heterocycles. The zero-order chi connectivity index (χ0) is 21.6. The molecular formula is C19H21ClFN7O2. The van der Waals surface area contributed by atoms with Crippen LogP contribution in [0.2, 0.25) is 5.02 Å². The number of aromatic nitrogens is 3. The first kappa shape index (κ1) is 20.3. The Morgan fingerprint density at radius 3 is 2.83 bits per heavy atom. The minimum absolute atomic E-state index is 0.0000725. The van der Waals surface area contributed by atoms with Crippen LogP contribution in [0.5, 0.6) is 0 Å². The number of fused-ring (bicyclic) bond motifs is 2. The van der Waals surface area contributed by atoms with E-state index < -0.39 is 11.6 Å². The molecule has 2 fully saturated rings. The van der Waals surface area contributed by atoms with Gasteiger partial charge in [-0.05, 0) is 37.0 Å². The van der Waals surface area contributed by atoms with Crippen LogP contribution < -0.4 is 5.32 Å². The number of urea groups is 1. The highest BCUT2D eigenvalue weighted by atomic mass is 35.5. The number of piperidine rings is 1. The predicted octanol–water partition coefficient (Wildman–Crippen LogP) is 3.83. The number of benzene rings is 1. The summed E-state index contributed by atoms with van der Waals surface area (Å²) in [7, 11) is 0. The van der Waals surface area contributed by atoms with Crippen LogP contribution in [0.4, 0.5) is 14.9 Å². The summed E-state index contributed by atoms with van der Waals surface area (Å²) >= 11 is 6.18. The molecule has 30 heavy (non-hydrogen) atoms. The van der Waals surface area contributed by atoms with E-state index in [1.54, 1.807) is 23.1 Å². The van der Waals surface area contributed by atoms with Crippen molar-refractivity contribution in [2.75, 3.05) is 5.32 Å². The van der Waals surface area contributed by atoms with Crippen molar-refractivity contribution in [3.8, 4) is 5.69 Å². The van der Waals surface area contributed by atoms with E-state index in [4.69, 9.17) is 27.2 Å². The van der Waals surface area contributed by atoms with Crippen LogP contribution in [-0.4, -0.2) is 49.1 Å². The Bertz CT molecular complexity index is 1040. The van der Waals surface area contributed by atoms with Crippen LogP contribution in [0.1, 0.15) is 33.1 Å². The average molecular weight is 434 g/mol. The van der Waals surface area contributed by atoms with Crippen LogP contribution >= 0.6 is 11.6 Å². The normalized spacial score (nSPS) is 24.7. The maximum Gasteiger partial charge on any atom is 0.327 e. The van der Waals surface area contributed by atoms with Crippen molar-refractivity contribution in [1.29, 1.82) is 10.8 Å². The van der Waals surface area contributed by atoms with Crippen molar-refractivity contribution in [2.24, 2.45) is 5.92 Å². The number of nitrogens with zero attached hydrogens (tertiary/aromatic N) is 4. The van der Waals surface area contributed by atoms with Gasteiger partial charge >= 0.3 is 12.1 Å². The lowest BCUT2D eigenvalue weighted by molar-refractivity contribution is -0.0539. The third kappa shape index (κ3) is 3.41.